The zero-order valence-corrected chi connectivity index (χ0v) is 21.8. The van der Waals surface area contributed by atoms with Crippen LogP contribution in [0.1, 0.15) is 63.3 Å². The zero-order valence-electron chi connectivity index (χ0n) is 21.8. The van der Waals surface area contributed by atoms with E-state index in [-0.39, 0.29) is 16.7 Å². The fourth-order valence-corrected chi connectivity index (χ4v) is 4.13. The number of unbranched alkanes of at least 4 members (excludes halogenated alkanes) is 1. The van der Waals surface area contributed by atoms with Gasteiger partial charge >= 0.3 is 0 Å². The van der Waals surface area contributed by atoms with Crippen LogP contribution >= 0.6 is 0 Å². The molecule has 1 aliphatic rings. The molecule has 2 aromatic rings. The predicted octanol–water partition coefficient (Wildman–Crippen LogP) is 5.15. The second kappa shape index (κ2) is 11.1. The van der Waals surface area contributed by atoms with Crippen molar-refractivity contribution in [2.24, 2.45) is 0 Å². The van der Waals surface area contributed by atoms with Crippen LogP contribution in [0.3, 0.4) is 0 Å². The molecule has 1 fully saturated rings. The molecule has 1 N–H and O–H groups in total. The molecule has 1 saturated heterocycles. The lowest BCUT2D eigenvalue weighted by Gasteiger charge is -2.27. The van der Waals surface area contributed by atoms with Gasteiger partial charge in [0.05, 0.1) is 18.2 Å². The Labute approximate surface area is 209 Å². The number of hydrogen-bond donors (Lipinski definition) is 1. The van der Waals surface area contributed by atoms with Gasteiger partial charge in [-0.25, -0.2) is 0 Å². The van der Waals surface area contributed by atoms with E-state index in [0.29, 0.717) is 31.0 Å². The van der Waals surface area contributed by atoms with Crippen LogP contribution in [0, 0.1) is 0 Å². The van der Waals surface area contributed by atoms with Crippen molar-refractivity contribution in [2.75, 3.05) is 33.8 Å². The van der Waals surface area contributed by atoms with Crippen molar-refractivity contribution in [1.29, 1.82) is 0 Å². The number of carbonyl (C=O) groups is 2. The molecule has 0 radical (unpaired) electrons. The Hall–Kier alpha value is -3.12. The van der Waals surface area contributed by atoms with E-state index in [9.17, 15) is 14.7 Å². The number of aliphatic hydroxyl groups excluding tert-OH is 1. The molecule has 2 aromatic carbocycles. The molecule has 1 unspecified atom stereocenters. The van der Waals surface area contributed by atoms with Crippen LogP contribution in [0.5, 0.6) is 5.75 Å². The first-order valence-corrected chi connectivity index (χ1v) is 12.3. The number of nitrogens with zero attached hydrogens (tertiary/aromatic N) is 2. The summed E-state index contributed by atoms with van der Waals surface area (Å²) in [5.41, 5.74) is 2.54. The minimum atomic E-state index is -0.658. The van der Waals surface area contributed by atoms with Crippen LogP contribution in [0.4, 0.5) is 0 Å². The quantitative estimate of drug-likeness (QED) is 0.234. The Morgan fingerprint density at radius 2 is 1.66 bits per heavy atom. The molecule has 0 aromatic heterocycles. The number of likely N-dealkylation sites (N-methyl/N-ethyl adjacent to an activating group) is 1. The molecule has 1 amide bonds. The average Bonchev–Trinajstić information content (AvgIpc) is 3.07. The summed E-state index contributed by atoms with van der Waals surface area (Å²) >= 11 is 0. The minimum Gasteiger partial charge on any atom is -0.507 e. The summed E-state index contributed by atoms with van der Waals surface area (Å²) in [5, 5.41) is 11.3. The normalized spacial score (nSPS) is 17.9. The zero-order chi connectivity index (χ0) is 25.8. The van der Waals surface area contributed by atoms with Crippen molar-refractivity contribution >= 4 is 17.4 Å². The summed E-state index contributed by atoms with van der Waals surface area (Å²) < 4.78 is 5.71. The molecule has 6 nitrogen and oxygen atoms in total. The molecule has 6 heteroatoms. The molecule has 0 bridgehead atoms. The van der Waals surface area contributed by atoms with Gasteiger partial charge in [0.1, 0.15) is 11.5 Å². The smallest absolute Gasteiger partial charge is 0.295 e. The van der Waals surface area contributed by atoms with Crippen LogP contribution in [-0.2, 0) is 15.0 Å². The van der Waals surface area contributed by atoms with Gasteiger partial charge in [-0.2, -0.15) is 0 Å². The maximum absolute atomic E-state index is 13.2. The Morgan fingerprint density at radius 3 is 2.20 bits per heavy atom. The van der Waals surface area contributed by atoms with Crippen molar-refractivity contribution in [3.05, 3.63) is 70.8 Å². The van der Waals surface area contributed by atoms with E-state index in [0.717, 1.165) is 24.0 Å². The molecule has 0 saturated carbocycles. The first-order chi connectivity index (χ1) is 16.5. The molecule has 188 valence electrons. The predicted molar refractivity (Wildman–Crippen MR) is 140 cm³/mol. The number of rotatable bonds is 9. The Kier molecular flexibility index (Phi) is 8.39. The molecule has 0 aliphatic carbocycles. The van der Waals surface area contributed by atoms with Gasteiger partial charge in [-0.05, 0) is 61.3 Å². The number of benzene rings is 2. The lowest BCUT2D eigenvalue weighted by molar-refractivity contribution is -0.140. The Bertz CT molecular complexity index is 1060. The maximum atomic E-state index is 13.2. The molecule has 1 heterocycles. The summed E-state index contributed by atoms with van der Waals surface area (Å²) in [4.78, 5) is 29.8. The second-order valence-corrected chi connectivity index (χ2v) is 10.4. The summed E-state index contributed by atoms with van der Waals surface area (Å²) in [6.07, 6.45) is 2.01. The number of carbonyl (C=O) groups excluding carboxylic acids is 2. The first-order valence-electron chi connectivity index (χ1n) is 12.3. The van der Waals surface area contributed by atoms with Crippen molar-refractivity contribution < 1.29 is 19.4 Å². The molecule has 35 heavy (non-hydrogen) atoms. The van der Waals surface area contributed by atoms with Gasteiger partial charge in [-0.1, -0.05) is 58.4 Å². The molecule has 3 rings (SSSR count). The summed E-state index contributed by atoms with van der Waals surface area (Å²) in [5.74, 6) is -0.705. The van der Waals surface area contributed by atoms with Crippen LogP contribution in [0.25, 0.3) is 5.76 Å². The SMILES string of the molecule is CCCCOc1ccc(/C(O)=C2\C(=O)C(=O)N(CCN(C)C)C2c2ccc(C(C)(C)C)cc2)cc1. The molecular weight excluding hydrogens is 440 g/mol. The summed E-state index contributed by atoms with van der Waals surface area (Å²) in [6.45, 7) is 10.1. The van der Waals surface area contributed by atoms with Gasteiger partial charge in [-0.15, -0.1) is 0 Å². The number of ketones is 1. The number of amides is 1. The van der Waals surface area contributed by atoms with Crippen molar-refractivity contribution in [2.45, 2.75) is 52.0 Å². The highest BCUT2D eigenvalue weighted by Gasteiger charge is 2.45. The van der Waals surface area contributed by atoms with Gasteiger partial charge < -0.3 is 19.6 Å². The van der Waals surface area contributed by atoms with E-state index in [1.807, 2.05) is 43.3 Å². The first kappa shape index (κ1) is 26.5. The Balaban J connectivity index is 2.03. The third kappa shape index (κ3) is 6.12. The van der Waals surface area contributed by atoms with Crippen molar-refractivity contribution in [1.82, 2.24) is 9.80 Å². The van der Waals surface area contributed by atoms with Gasteiger partial charge in [-0.3, -0.25) is 9.59 Å². The monoisotopic (exact) mass is 478 g/mol. The van der Waals surface area contributed by atoms with E-state index in [1.54, 1.807) is 29.2 Å². The molecule has 1 aliphatic heterocycles. The van der Waals surface area contributed by atoms with Gasteiger partial charge in [0, 0.05) is 18.7 Å². The van der Waals surface area contributed by atoms with Gasteiger partial charge in [0.2, 0.25) is 0 Å². The van der Waals surface area contributed by atoms with Crippen LogP contribution < -0.4 is 4.74 Å². The van der Waals surface area contributed by atoms with E-state index < -0.39 is 17.7 Å². The largest absolute Gasteiger partial charge is 0.507 e. The number of likely N-dealkylation sites (tertiary alicyclic amines) is 1. The van der Waals surface area contributed by atoms with Gasteiger partial charge in [0.15, 0.2) is 0 Å². The number of aliphatic hydroxyl groups is 1. The van der Waals surface area contributed by atoms with E-state index in [1.165, 1.54) is 0 Å². The second-order valence-electron chi connectivity index (χ2n) is 10.4. The number of ether oxygens (including phenoxy) is 1. The molecule has 0 spiro atoms. The highest BCUT2D eigenvalue weighted by molar-refractivity contribution is 6.46. The van der Waals surface area contributed by atoms with Crippen LogP contribution in [0.2, 0.25) is 0 Å². The highest BCUT2D eigenvalue weighted by atomic mass is 16.5. The lowest BCUT2D eigenvalue weighted by Crippen LogP contribution is -2.35. The summed E-state index contributed by atoms with van der Waals surface area (Å²) in [6, 6.07) is 14.3. The standard InChI is InChI=1S/C29H38N2O4/c1-7-8-19-35-23-15-11-21(12-16-23)26(32)24-25(20-9-13-22(14-10-20)29(2,3)4)31(18-17-30(5)6)28(34)27(24)33/h9-16,25,32H,7-8,17-19H2,1-6H3/b26-24+. The Morgan fingerprint density at radius 1 is 1.03 bits per heavy atom. The highest BCUT2D eigenvalue weighted by Crippen LogP contribution is 2.40. The van der Waals surface area contributed by atoms with E-state index in [4.69, 9.17) is 4.74 Å². The maximum Gasteiger partial charge on any atom is 0.295 e. The molecular formula is C29H38N2O4. The van der Waals surface area contributed by atoms with E-state index in [2.05, 4.69) is 27.7 Å². The fraction of sp³-hybridized carbons (Fsp3) is 0.448. The van der Waals surface area contributed by atoms with Gasteiger partial charge in [0.25, 0.3) is 11.7 Å². The van der Waals surface area contributed by atoms with Crippen LogP contribution in [0.15, 0.2) is 54.1 Å². The minimum absolute atomic E-state index is 0.0216. The van der Waals surface area contributed by atoms with Crippen molar-refractivity contribution in [3.63, 3.8) is 0 Å². The topological polar surface area (TPSA) is 70.1 Å². The lowest BCUT2D eigenvalue weighted by atomic mass is 9.85. The third-order valence-electron chi connectivity index (χ3n) is 6.31. The van der Waals surface area contributed by atoms with Crippen LogP contribution in [-0.4, -0.2) is 60.4 Å². The third-order valence-corrected chi connectivity index (χ3v) is 6.31. The van der Waals surface area contributed by atoms with Crippen molar-refractivity contribution in [3.8, 4) is 5.75 Å². The number of hydrogen-bond acceptors (Lipinski definition) is 5. The average molecular weight is 479 g/mol. The van der Waals surface area contributed by atoms with E-state index >= 15 is 0 Å². The molecule has 1 atom stereocenters. The summed E-state index contributed by atoms with van der Waals surface area (Å²) in [7, 11) is 3.85. The fourth-order valence-electron chi connectivity index (χ4n) is 4.13. The number of Topliss-reactive ketones (excluding diaryl/α,β-unsaturated/α-hetero) is 1.